The smallest absolute Gasteiger partial charge is 0.258 e. The third-order valence-electron chi connectivity index (χ3n) is 4.95. The number of carbonyl (C=O) groups excluding carboxylic acids is 2. The van der Waals surface area contributed by atoms with E-state index in [2.05, 4.69) is 5.32 Å². The monoisotopic (exact) mass is 367 g/mol. The fourth-order valence-electron chi connectivity index (χ4n) is 3.56. The van der Waals surface area contributed by atoms with E-state index in [0.29, 0.717) is 18.7 Å². The minimum absolute atomic E-state index is 0. The molecule has 0 aromatic heterocycles. The Kier molecular flexibility index (Phi) is 6.67. The van der Waals surface area contributed by atoms with Crippen molar-refractivity contribution < 1.29 is 14.3 Å². The first-order valence-corrected chi connectivity index (χ1v) is 8.66. The van der Waals surface area contributed by atoms with Gasteiger partial charge in [-0.05, 0) is 43.5 Å². The van der Waals surface area contributed by atoms with E-state index in [-0.39, 0.29) is 36.4 Å². The summed E-state index contributed by atoms with van der Waals surface area (Å²) in [5.74, 6) is 0.640. The molecule has 138 valence electrons. The number of amides is 2. The van der Waals surface area contributed by atoms with E-state index in [1.807, 2.05) is 12.1 Å². The predicted molar refractivity (Wildman–Crippen MR) is 99.2 cm³/mol. The number of hydrogen-bond acceptors (Lipinski definition) is 4. The van der Waals surface area contributed by atoms with Gasteiger partial charge in [-0.1, -0.05) is 12.8 Å². The van der Waals surface area contributed by atoms with Gasteiger partial charge in [0.1, 0.15) is 5.75 Å². The lowest BCUT2D eigenvalue weighted by atomic mass is 9.98. The molecule has 3 rings (SSSR count). The summed E-state index contributed by atoms with van der Waals surface area (Å²) in [6.45, 7) is 1.21. The van der Waals surface area contributed by atoms with E-state index in [0.717, 1.165) is 44.3 Å². The third kappa shape index (κ3) is 4.64. The van der Waals surface area contributed by atoms with Crippen LogP contribution < -0.4 is 20.7 Å². The van der Waals surface area contributed by atoms with Gasteiger partial charge in [-0.25, -0.2) is 0 Å². The highest BCUT2D eigenvalue weighted by molar-refractivity contribution is 5.95. The lowest BCUT2D eigenvalue weighted by Crippen LogP contribution is -2.52. The van der Waals surface area contributed by atoms with Crippen LogP contribution in [0.3, 0.4) is 0 Å². The van der Waals surface area contributed by atoms with Gasteiger partial charge in [-0.2, -0.15) is 0 Å². The Bertz CT molecular complexity index is 600. The fourth-order valence-corrected chi connectivity index (χ4v) is 3.56. The molecule has 1 aliphatic heterocycles. The number of benzene rings is 1. The number of nitrogens with two attached hydrogens (primary N) is 1. The van der Waals surface area contributed by atoms with Crippen LogP contribution in [0.5, 0.6) is 5.75 Å². The zero-order chi connectivity index (χ0) is 17.0. The molecule has 0 spiro atoms. The molecule has 2 fully saturated rings. The van der Waals surface area contributed by atoms with Gasteiger partial charge < -0.3 is 20.7 Å². The van der Waals surface area contributed by atoms with Crippen molar-refractivity contribution >= 4 is 29.9 Å². The van der Waals surface area contributed by atoms with Crippen molar-refractivity contribution in [1.82, 2.24) is 5.32 Å². The summed E-state index contributed by atoms with van der Waals surface area (Å²) in [6.07, 6.45) is 5.60. The van der Waals surface area contributed by atoms with Crippen molar-refractivity contribution in [3.05, 3.63) is 24.3 Å². The van der Waals surface area contributed by atoms with Gasteiger partial charge in [-0.15, -0.1) is 12.4 Å². The van der Waals surface area contributed by atoms with Crippen molar-refractivity contribution in [2.75, 3.05) is 24.6 Å². The maximum Gasteiger partial charge on any atom is 0.258 e. The average molecular weight is 368 g/mol. The summed E-state index contributed by atoms with van der Waals surface area (Å²) >= 11 is 0. The Labute approximate surface area is 154 Å². The highest BCUT2D eigenvalue weighted by Crippen LogP contribution is 2.28. The minimum atomic E-state index is -0.250. The molecule has 3 N–H and O–H groups in total. The molecular formula is C18H26ClN3O3. The maximum atomic E-state index is 12.1. The van der Waals surface area contributed by atoms with Crippen LogP contribution in [-0.2, 0) is 9.59 Å². The van der Waals surface area contributed by atoms with Crippen LogP contribution in [-0.4, -0.2) is 37.0 Å². The second-order valence-corrected chi connectivity index (χ2v) is 6.67. The van der Waals surface area contributed by atoms with Gasteiger partial charge in [0.2, 0.25) is 5.91 Å². The highest BCUT2D eigenvalue weighted by Gasteiger charge is 2.33. The molecule has 7 heteroatoms. The second kappa shape index (κ2) is 8.54. The molecule has 6 nitrogen and oxygen atoms in total. The Morgan fingerprint density at radius 1 is 1.20 bits per heavy atom. The van der Waals surface area contributed by atoms with Crippen LogP contribution in [0.4, 0.5) is 5.69 Å². The molecular weight excluding hydrogens is 342 g/mol. The normalized spacial score (nSPS) is 18.8. The summed E-state index contributed by atoms with van der Waals surface area (Å²) in [6, 6.07) is 7.30. The molecule has 1 heterocycles. The zero-order valence-electron chi connectivity index (χ0n) is 14.3. The first kappa shape index (κ1) is 19.5. The van der Waals surface area contributed by atoms with Gasteiger partial charge in [0.15, 0.2) is 6.61 Å². The first-order valence-electron chi connectivity index (χ1n) is 8.66. The topological polar surface area (TPSA) is 84.7 Å². The summed E-state index contributed by atoms with van der Waals surface area (Å²) in [7, 11) is 0. The predicted octanol–water partition coefficient (Wildman–Crippen LogP) is 2.00. The largest absolute Gasteiger partial charge is 0.484 e. The van der Waals surface area contributed by atoms with Crippen LogP contribution in [0.2, 0.25) is 0 Å². The van der Waals surface area contributed by atoms with Gasteiger partial charge >= 0.3 is 0 Å². The van der Waals surface area contributed by atoms with Crippen LogP contribution in [0, 0.1) is 0 Å². The second-order valence-electron chi connectivity index (χ2n) is 6.67. The Hall–Kier alpha value is -1.79. The molecule has 0 bridgehead atoms. The van der Waals surface area contributed by atoms with Gasteiger partial charge in [-0.3, -0.25) is 9.59 Å². The van der Waals surface area contributed by atoms with Gasteiger partial charge in [0.05, 0.1) is 5.54 Å². The number of rotatable bonds is 6. The average Bonchev–Trinajstić information content (AvgIpc) is 3.23. The molecule has 25 heavy (non-hydrogen) atoms. The fraction of sp³-hybridized carbons (Fsp3) is 0.556. The molecule has 0 atom stereocenters. The number of nitrogens with zero attached hydrogens (tertiary/aromatic N) is 1. The number of hydrogen-bond donors (Lipinski definition) is 2. The molecule has 0 unspecified atom stereocenters. The van der Waals surface area contributed by atoms with Gasteiger partial charge in [0.25, 0.3) is 5.91 Å². The van der Waals surface area contributed by atoms with Crippen molar-refractivity contribution in [3.63, 3.8) is 0 Å². The Balaban J connectivity index is 0.00000225. The van der Waals surface area contributed by atoms with E-state index in [9.17, 15) is 9.59 Å². The molecule has 2 aliphatic rings. The minimum Gasteiger partial charge on any atom is -0.484 e. The van der Waals surface area contributed by atoms with Gasteiger partial charge in [0, 0.05) is 25.2 Å². The molecule has 1 saturated carbocycles. The summed E-state index contributed by atoms with van der Waals surface area (Å²) in [4.78, 5) is 25.6. The van der Waals surface area contributed by atoms with Crippen molar-refractivity contribution in [2.45, 2.75) is 44.1 Å². The highest BCUT2D eigenvalue weighted by atomic mass is 35.5. The molecule has 1 saturated heterocycles. The van der Waals surface area contributed by atoms with Crippen LogP contribution in [0.15, 0.2) is 24.3 Å². The standard InChI is InChI=1S/C18H25N3O3.ClH/c19-13-18(9-1-2-10-18)20-16(22)12-24-15-7-5-14(6-8-15)21-11-3-4-17(21)23;/h5-8H,1-4,9-13,19H2,(H,20,22);1H. The summed E-state index contributed by atoms with van der Waals surface area (Å²) in [5.41, 5.74) is 6.45. The lowest BCUT2D eigenvalue weighted by Gasteiger charge is -2.28. The molecule has 1 aliphatic carbocycles. The van der Waals surface area contributed by atoms with Crippen molar-refractivity contribution in [1.29, 1.82) is 0 Å². The van der Waals surface area contributed by atoms with E-state index in [1.165, 1.54) is 0 Å². The number of halogens is 1. The van der Waals surface area contributed by atoms with Crippen LogP contribution >= 0.6 is 12.4 Å². The van der Waals surface area contributed by atoms with Crippen molar-refractivity contribution in [2.24, 2.45) is 5.73 Å². The number of anilines is 1. The number of nitrogens with one attached hydrogen (secondary N) is 1. The number of carbonyl (C=O) groups is 2. The van der Waals surface area contributed by atoms with E-state index < -0.39 is 0 Å². The van der Waals surface area contributed by atoms with E-state index >= 15 is 0 Å². The maximum absolute atomic E-state index is 12.1. The molecule has 0 radical (unpaired) electrons. The van der Waals surface area contributed by atoms with E-state index in [1.54, 1.807) is 17.0 Å². The zero-order valence-corrected chi connectivity index (χ0v) is 15.1. The van der Waals surface area contributed by atoms with E-state index in [4.69, 9.17) is 10.5 Å². The molecule has 2 amide bonds. The molecule has 1 aromatic carbocycles. The first-order chi connectivity index (χ1) is 11.6. The SMILES string of the molecule is Cl.NCC1(NC(=O)COc2ccc(N3CCCC3=O)cc2)CCCC1. The Morgan fingerprint density at radius 3 is 2.44 bits per heavy atom. The summed E-state index contributed by atoms with van der Waals surface area (Å²) < 4.78 is 5.56. The lowest BCUT2D eigenvalue weighted by molar-refractivity contribution is -0.125. The Morgan fingerprint density at radius 2 is 1.88 bits per heavy atom. The van der Waals surface area contributed by atoms with Crippen molar-refractivity contribution in [3.8, 4) is 5.75 Å². The quantitative estimate of drug-likeness (QED) is 0.805. The number of ether oxygens (including phenoxy) is 1. The van der Waals surface area contributed by atoms with Crippen LogP contribution in [0.1, 0.15) is 38.5 Å². The third-order valence-corrected chi connectivity index (χ3v) is 4.95. The summed E-state index contributed by atoms with van der Waals surface area (Å²) in [5, 5.41) is 3.03. The van der Waals surface area contributed by atoms with Crippen LogP contribution in [0.25, 0.3) is 0 Å². The molecule has 1 aromatic rings.